The fourth-order valence-corrected chi connectivity index (χ4v) is 10.6. The Hall–Kier alpha value is -4.62. The molecule has 0 saturated carbocycles. The van der Waals surface area contributed by atoms with E-state index in [0.29, 0.717) is 25.8 Å². The summed E-state index contributed by atoms with van der Waals surface area (Å²) in [7, 11) is 0. The molecule has 3 unspecified atom stereocenters. The molecule has 0 radical (unpaired) electrons. The Kier molecular flexibility index (Phi) is 12.7. The van der Waals surface area contributed by atoms with E-state index in [-0.39, 0.29) is 18.5 Å². The van der Waals surface area contributed by atoms with Crippen LogP contribution in [0.5, 0.6) is 0 Å². The first-order chi connectivity index (χ1) is 27.7. The number of hydrogen-bond acceptors (Lipinski definition) is 6. The highest BCUT2D eigenvalue weighted by atomic mass is 32.2. The second-order valence-electron chi connectivity index (χ2n) is 14.2. The van der Waals surface area contributed by atoms with Gasteiger partial charge in [0.1, 0.15) is 17.5 Å². The Morgan fingerprint density at radius 2 is 0.966 bits per heavy atom. The summed E-state index contributed by atoms with van der Waals surface area (Å²) in [6.07, 6.45) is -5.42. The predicted octanol–water partition coefficient (Wildman–Crippen LogP) is 13.8. The molecule has 1 saturated heterocycles. The van der Waals surface area contributed by atoms with Gasteiger partial charge in [-0.05, 0) is 141 Å². The average Bonchev–Trinajstić information content (AvgIpc) is 3.16. The minimum absolute atomic E-state index is 0.0590. The van der Waals surface area contributed by atoms with Crippen molar-refractivity contribution in [3.05, 3.63) is 178 Å². The molecule has 1 fully saturated rings. The molecule has 12 heteroatoms. The van der Waals surface area contributed by atoms with E-state index in [4.69, 9.17) is 4.84 Å². The van der Waals surface area contributed by atoms with Crippen molar-refractivity contribution in [1.82, 2.24) is 5.06 Å². The van der Waals surface area contributed by atoms with Crippen LogP contribution in [-0.2, 0) is 9.63 Å². The van der Waals surface area contributed by atoms with Gasteiger partial charge in [-0.1, -0.05) is 88.4 Å². The fourth-order valence-electron chi connectivity index (χ4n) is 7.26. The van der Waals surface area contributed by atoms with E-state index in [2.05, 4.69) is 0 Å². The summed E-state index contributed by atoms with van der Waals surface area (Å²) in [5.41, 5.74) is 4.21. The van der Waals surface area contributed by atoms with Crippen molar-refractivity contribution >= 4 is 41.3 Å². The summed E-state index contributed by atoms with van der Waals surface area (Å²) >= 11 is 4.05. The summed E-state index contributed by atoms with van der Waals surface area (Å²) in [4.78, 5) is 22.3. The average molecular weight is 846 g/mol. The van der Waals surface area contributed by atoms with Crippen LogP contribution in [0.4, 0.5) is 26.3 Å². The molecular weight excluding hydrogens is 809 g/mol. The van der Waals surface area contributed by atoms with Crippen LogP contribution in [0.2, 0.25) is 0 Å². The summed E-state index contributed by atoms with van der Waals surface area (Å²) in [6, 6.07) is 34.6. The van der Waals surface area contributed by atoms with Crippen molar-refractivity contribution in [2.75, 3.05) is 6.54 Å². The Balaban J connectivity index is 1.42. The van der Waals surface area contributed by atoms with Crippen molar-refractivity contribution in [3.63, 3.8) is 0 Å². The number of halogens is 6. The van der Waals surface area contributed by atoms with Crippen molar-refractivity contribution < 1.29 is 36.0 Å². The lowest BCUT2D eigenvalue weighted by Crippen LogP contribution is -2.44. The summed E-state index contributed by atoms with van der Waals surface area (Å²) < 4.78 is 88.5. The van der Waals surface area contributed by atoms with Gasteiger partial charge in [0.15, 0.2) is 0 Å². The molecule has 1 aliphatic heterocycles. The molecule has 6 aromatic carbocycles. The highest BCUT2D eigenvalue weighted by Crippen LogP contribution is 2.53. The number of benzene rings is 6. The number of carbonyl (C=O) groups excluding carboxylic acids is 1. The van der Waals surface area contributed by atoms with Gasteiger partial charge in [0.2, 0.25) is 0 Å². The monoisotopic (exact) mass is 845 g/mol. The van der Waals surface area contributed by atoms with Crippen molar-refractivity contribution in [2.24, 2.45) is 0 Å². The zero-order chi connectivity index (χ0) is 41.1. The second kappa shape index (κ2) is 17.7. The third-order valence-corrected chi connectivity index (χ3v) is 13.1. The van der Waals surface area contributed by atoms with Crippen LogP contribution in [0.1, 0.15) is 57.7 Å². The van der Waals surface area contributed by atoms with Gasteiger partial charge < -0.3 is 4.84 Å². The quantitative estimate of drug-likeness (QED) is 0.128. The molecule has 0 aliphatic carbocycles. The van der Waals surface area contributed by atoms with Gasteiger partial charge in [-0.2, -0.15) is 13.2 Å². The minimum Gasteiger partial charge on any atom is -0.360 e. The van der Waals surface area contributed by atoms with Crippen LogP contribution in [0.15, 0.2) is 157 Å². The lowest BCUT2D eigenvalue weighted by Gasteiger charge is -2.44. The number of carbonyl (C=O) groups is 1. The number of aryl methyl sites for hydroxylation is 3. The van der Waals surface area contributed by atoms with Gasteiger partial charge >= 0.3 is 12.1 Å². The molecular formula is C46H37F6NO2S3. The molecule has 6 aromatic rings. The Labute approximate surface area is 346 Å². The number of piperidine rings is 1. The van der Waals surface area contributed by atoms with Gasteiger partial charge in [-0.15, -0.1) is 5.06 Å². The number of hydrogen-bond donors (Lipinski definition) is 0. The molecule has 3 atom stereocenters. The second-order valence-corrected chi connectivity index (χ2v) is 17.6. The Morgan fingerprint density at radius 3 is 1.38 bits per heavy atom. The highest BCUT2D eigenvalue weighted by molar-refractivity contribution is 8.00. The normalized spacial score (nSPS) is 17.3. The summed E-state index contributed by atoms with van der Waals surface area (Å²) in [5.74, 6) is -5.77. The number of nitrogens with zero attached hydrogens (tertiary/aromatic N) is 1. The molecule has 1 heterocycles. The molecule has 0 N–H and O–H groups in total. The van der Waals surface area contributed by atoms with Crippen LogP contribution in [-0.4, -0.2) is 23.8 Å². The zero-order valence-electron chi connectivity index (χ0n) is 31.5. The van der Waals surface area contributed by atoms with Gasteiger partial charge in [-0.3, -0.25) is 0 Å². The van der Waals surface area contributed by atoms with Crippen LogP contribution in [0, 0.1) is 38.2 Å². The van der Waals surface area contributed by atoms with E-state index in [1.54, 1.807) is 18.2 Å². The molecule has 0 aromatic heterocycles. The topological polar surface area (TPSA) is 29.5 Å². The third kappa shape index (κ3) is 9.97. The molecule has 0 amide bonds. The van der Waals surface area contributed by atoms with E-state index in [1.807, 2.05) is 93.6 Å². The SMILES string of the molecule is Cc1cccc(Sc2ccc(F)cc2C2CC(c3cc(F)ccc3Sc3cccc(C)c3)N(OC(=O)C(F)(F)F)CC2c2cc(F)ccc2Sc2cccc(C)c2)c1. The van der Waals surface area contributed by atoms with Gasteiger partial charge in [-0.25, -0.2) is 18.0 Å². The molecule has 0 bridgehead atoms. The zero-order valence-corrected chi connectivity index (χ0v) is 34.0. The van der Waals surface area contributed by atoms with Crippen LogP contribution >= 0.6 is 35.3 Å². The first-order valence-electron chi connectivity index (χ1n) is 18.4. The summed E-state index contributed by atoms with van der Waals surface area (Å²) in [6.45, 7) is 5.45. The molecule has 7 rings (SSSR count). The van der Waals surface area contributed by atoms with Crippen LogP contribution in [0.25, 0.3) is 0 Å². The van der Waals surface area contributed by atoms with Crippen LogP contribution in [0.3, 0.4) is 0 Å². The predicted molar refractivity (Wildman–Crippen MR) is 217 cm³/mol. The van der Waals surface area contributed by atoms with Gasteiger partial charge in [0.05, 0.1) is 6.04 Å². The van der Waals surface area contributed by atoms with E-state index in [9.17, 15) is 18.0 Å². The molecule has 1 aliphatic rings. The fraction of sp³-hybridized carbons (Fsp3) is 0.196. The van der Waals surface area contributed by atoms with Gasteiger partial charge in [0, 0.05) is 41.8 Å². The van der Waals surface area contributed by atoms with Crippen molar-refractivity contribution in [3.8, 4) is 0 Å². The molecule has 298 valence electrons. The number of alkyl halides is 3. The molecule has 58 heavy (non-hydrogen) atoms. The smallest absolute Gasteiger partial charge is 0.360 e. The number of rotatable bonds is 10. The standard InChI is InChI=1S/C46H37F6NO2S3/c1-27-7-4-10-33(19-27)56-42-16-13-30(47)22-37(42)36-25-41(39-24-32(49)15-18-44(39)58-35-12-6-9-29(3)21-35)53(55-45(54)46(50,51)52)26-40(36)38-23-31(48)14-17-43(38)57-34-11-5-8-28(2)20-34/h4-24,36,40-41H,25-26H2,1-3H3. The van der Waals surface area contributed by atoms with E-state index in [0.717, 1.165) is 36.4 Å². The first-order valence-corrected chi connectivity index (χ1v) is 20.8. The number of hydroxylamine groups is 2. The molecule has 0 spiro atoms. The van der Waals surface area contributed by atoms with Crippen molar-refractivity contribution in [2.45, 2.75) is 80.6 Å². The molecule has 3 nitrogen and oxygen atoms in total. The lowest BCUT2D eigenvalue weighted by atomic mass is 9.73. The van der Waals surface area contributed by atoms with Crippen LogP contribution < -0.4 is 0 Å². The van der Waals surface area contributed by atoms with E-state index in [1.165, 1.54) is 71.7 Å². The maximum absolute atomic E-state index is 15.6. The lowest BCUT2D eigenvalue weighted by molar-refractivity contribution is -0.253. The van der Waals surface area contributed by atoms with E-state index >= 15 is 13.2 Å². The largest absolute Gasteiger partial charge is 0.492 e. The third-order valence-electron chi connectivity index (χ3n) is 9.84. The Morgan fingerprint density at radius 1 is 0.569 bits per heavy atom. The first kappa shape index (κ1) is 41.5. The maximum atomic E-state index is 15.6. The minimum atomic E-state index is -5.36. The maximum Gasteiger partial charge on any atom is 0.492 e. The van der Waals surface area contributed by atoms with Crippen molar-refractivity contribution in [1.29, 1.82) is 0 Å². The Bertz CT molecular complexity index is 2460. The highest BCUT2D eigenvalue weighted by Gasteiger charge is 2.47. The van der Waals surface area contributed by atoms with Gasteiger partial charge in [0.25, 0.3) is 0 Å². The summed E-state index contributed by atoms with van der Waals surface area (Å²) in [5, 5.41) is 0.949. The van der Waals surface area contributed by atoms with E-state index < -0.39 is 47.5 Å².